The zero-order valence-corrected chi connectivity index (χ0v) is 11.7. The van der Waals surface area contributed by atoms with Crippen LogP contribution >= 0.6 is 0 Å². The third kappa shape index (κ3) is 3.55. The van der Waals surface area contributed by atoms with Gasteiger partial charge in [0.15, 0.2) is 0 Å². The van der Waals surface area contributed by atoms with Crippen molar-refractivity contribution in [1.82, 2.24) is 9.88 Å². The van der Waals surface area contributed by atoms with Gasteiger partial charge in [0.25, 0.3) is 5.91 Å². The second-order valence-electron chi connectivity index (χ2n) is 4.93. The number of hydrogen-bond donors (Lipinski definition) is 0. The molecule has 20 heavy (non-hydrogen) atoms. The first-order valence-electron chi connectivity index (χ1n) is 7.01. The van der Waals surface area contributed by atoms with E-state index in [0.29, 0.717) is 17.8 Å². The van der Waals surface area contributed by atoms with Gasteiger partial charge in [-0.2, -0.15) is 5.26 Å². The van der Waals surface area contributed by atoms with E-state index in [9.17, 15) is 4.79 Å². The van der Waals surface area contributed by atoms with Crippen LogP contribution in [-0.4, -0.2) is 41.6 Å². The molecule has 106 valence electrons. The molecule has 0 saturated carbocycles. The van der Waals surface area contributed by atoms with Crippen LogP contribution in [-0.2, 0) is 4.74 Å². The van der Waals surface area contributed by atoms with E-state index >= 15 is 0 Å². The van der Waals surface area contributed by atoms with E-state index in [1.807, 2.05) is 6.07 Å². The number of likely N-dealkylation sites (tertiary alicyclic amines) is 1. The number of amides is 1. The molecular formula is C15H19N3O2. The van der Waals surface area contributed by atoms with Crippen molar-refractivity contribution in [2.24, 2.45) is 0 Å². The number of nitriles is 1. The van der Waals surface area contributed by atoms with Gasteiger partial charge in [-0.25, -0.2) is 4.98 Å². The summed E-state index contributed by atoms with van der Waals surface area (Å²) in [6, 6.07) is 5.22. The Morgan fingerprint density at radius 3 is 3.10 bits per heavy atom. The summed E-state index contributed by atoms with van der Waals surface area (Å²) in [5.74, 6) is -0.0840. The van der Waals surface area contributed by atoms with Crippen LogP contribution in [0.25, 0.3) is 0 Å². The molecule has 1 amide bonds. The van der Waals surface area contributed by atoms with E-state index < -0.39 is 0 Å². The number of piperidine rings is 1. The molecule has 1 fully saturated rings. The molecule has 1 aromatic rings. The molecule has 5 heteroatoms. The highest BCUT2D eigenvalue weighted by atomic mass is 16.5. The minimum atomic E-state index is -0.0840. The quantitative estimate of drug-likeness (QED) is 0.841. The number of pyridine rings is 1. The Kier molecular flexibility index (Phi) is 5.08. The highest BCUT2D eigenvalue weighted by Crippen LogP contribution is 2.15. The van der Waals surface area contributed by atoms with Crippen molar-refractivity contribution in [3.8, 4) is 6.07 Å². The maximum atomic E-state index is 12.3. The van der Waals surface area contributed by atoms with E-state index in [0.717, 1.165) is 32.4 Å². The number of ether oxygens (including phenoxy) is 1. The summed E-state index contributed by atoms with van der Waals surface area (Å²) in [5.41, 5.74) is 0.851. The van der Waals surface area contributed by atoms with Gasteiger partial charge in [0.2, 0.25) is 0 Å². The van der Waals surface area contributed by atoms with E-state index in [-0.39, 0.29) is 12.0 Å². The molecule has 0 bridgehead atoms. The van der Waals surface area contributed by atoms with Crippen LogP contribution in [0.2, 0.25) is 0 Å². The fourth-order valence-electron chi connectivity index (χ4n) is 2.29. The molecule has 0 aromatic carbocycles. The lowest BCUT2D eigenvalue weighted by Gasteiger charge is -2.32. The first-order chi connectivity index (χ1) is 9.74. The zero-order valence-electron chi connectivity index (χ0n) is 11.7. The monoisotopic (exact) mass is 273 g/mol. The predicted molar refractivity (Wildman–Crippen MR) is 74.1 cm³/mol. The minimum absolute atomic E-state index is 0.0840. The summed E-state index contributed by atoms with van der Waals surface area (Å²) in [7, 11) is 0. The van der Waals surface area contributed by atoms with Crippen LogP contribution in [0.4, 0.5) is 0 Å². The summed E-state index contributed by atoms with van der Waals surface area (Å²) in [6.45, 7) is 4.18. The second kappa shape index (κ2) is 7.01. The van der Waals surface area contributed by atoms with Crippen molar-refractivity contribution >= 4 is 5.91 Å². The van der Waals surface area contributed by atoms with Gasteiger partial charge in [-0.15, -0.1) is 0 Å². The molecule has 2 rings (SSSR count). The van der Waals surface area contributed by atoms with E-state index in [2.05, 4.69) is 11.9 Å². The number of carbonyl (C=O) groups excluding carboxylic acids is 1. The number of carbonyl (C=O) groups is 1. The molecule has 0 N–H and O–H groups in total. The van der Waals surface area contributed by atoms with Crippen molar-refractivity contribution in [3.05, 3.63) is 29.6 Å². The standard InChI is InChI=1S/C15H19N3O2/c1-2-8-20-13-4-3-7-18(11-13)15(19)14-6-5-12(9-16)10-17-14/h5-6,10,13H,2-4,7-8,11H2,1H3. The molecule has 1 aromatic heterocycles. The van der Waals surface area contributed by atoms with Crippen molar-refractivity contribution in [2.75, 3.05) is 19.7 Å². The molecule has 0 spiro atoms. The SMILES string of the molecule is CCCOC1CCCN(C(=O)c2ccc(C#N)cn2)C1. The topological polar surface area (TPSA) is 66.2 Å². The maximum Gasteiger partial charge on any atom is 0.272 e. The van der Waals surface area contributed by atoms with E-state index in [4.69, 9.17) is 10.00 Å². The third-order valence-electron chi connectivity index (χ3n) is 3.33. The normalized spacial score (nSPS) is 18.6. The van der Waals surface area contributed by atoms with Crippen molar-refractivity contribution in [1.29, 1.82) is 5.26 Å². The smallest absolute Gasteiger partial charge is 0.272 e. The Morgan fingerprint density at radius 1 is 1.60 bits per heavy atom. The zero-order chi connectivity index (χ0) is 14.4. The fraction of sp³-hybridized carbons (Fsp3) is 0.533. The summed E-state index contributed by atoms with van der Waals surface area (Å²) < 4.78 is 5.73. The van der Waals surface area contributed by atoms with E-state index in [1.165, 1.54) is 6.20 Å². The highest BCUT2D eigenvalue weighted by Gasteiger charge is 2.25. The first-order valence-corrected chi connectivity index (χ1v) is 7.01. The average Bonchev–Trinajstić information content (AvgIpc) is 2.52. The molecule has 1 aliphatic rings. The predicted octanol–water partition coefficient (Wildman–Crippen LogP) is 1.98. The summed E-state index contributed by atoms with van der Waals surface area (Å²) in [6.07, 6.45) is 4.51. The molecule has 1 unspecified atom stereocenters. The van der Waals surface area contributed by atoms with Gasteiger partial charge in [0, 0.05) is 25.9 Å². The second-order valence-corrected chi connectivity index (χ2v) is 4.93. The molecule has 2 heterocycles. The average molecular weight is 273 g/mol. The highest BCUT2D eigenvalue weighted by molar-refractivity contribution is 5.92. The maximum absolute atomic E-state index is 12.3. The Bertz CT molecular complexity index is 493. The summed E-state index contributed by atoms with van der Waals surface area (Å²) >= 11 is 0. The fourth-order valence-corrected chi connectivity index (χ4v) is 2.29. The van der Waals surface area contributed by atoms with Crippen molar-refractivity contribution < 1.29 is 9.53 Å². The first kappa shape index (κ1) is 14.5. The van der Waals surface area contributed by atoms with Gasteiger partial charge in [-0.3, -0.25) is 4.79 Å². The Hall–Kier alpha value is -1.93. The van der Waals surface area contributed by atoms with Crippen LogP contribution < -0.4 is 0 Å². The molecule has 1 atom stereocenters. The molecule has 0 radical (unpaired) electrons. The Morgan fingerprint density at radius 2 is 2.45 bits per heavy atom. The lowest BCUT2D eigenvalue weighted by molar-refractivity contribution is 0.00192. The van der Waals surface area contributed by atoms with Crippen molar-refractivity contribution in [2.45, 2.75) is 32.3 Å². The molecule has 1 aliphatic heterocycles. The van der Waals surface area contributed by atoms with Crippen LogP contribution in [0, 0.1) is 11.3 Å². The Balaban J connectivity index is 1.98. The molecule has 0 aliphatic carbocycles. The van der Waals surface area contributed by atoms with Crippen LogP contribution in [0.1, 0.15) is 42.2 Å². The number of rotatable bonds is 4. The number of aromatic nitrogens is 1. The lowest BCUT2D eigenvalue weighted by atomic mass is 10.1. The van der Waals surface area contributed by atoms with Gasteiger partial charge in [0.1, 0.15) is 11.8 Å². The molecule has 1 saturated heterocycles. The van der Waals surface area contributed by atoms with Gasteiger partial charge in [-0.05, 0) is 31.4 Å². The minimum Gasteiger partial charge on any atom is -0.376 e. The van der Waals surface area contributed by atoms with Crippen LogP contribution in [0.5, 0.6) is 0 Å². The third-order valence-corrected chi connectivity index (χ3v) is 3.33. The Labute approximate surface area is 119 Å². The number of nitrogens with zero attached hydrogens (tertiary/aromatic N) is 3. The lowest BCUT2D eigenvalue weighted by Crippen LogP contribution is -2.43. The van der Waals surface area contributed by atoms with Gasteiger partial charge >= 0.3 is 0 Å². The van der Waals surface area contributed by atoms with E-state index in [1.54, 1.807) is 17.0 Å². The van der Waals surface area contributed by atoms with Gasteiger partial charge < -0.3 is 9.64 Å². The van der Waals surface area contributed by atoms with Crippen molar-refractivity contribution in [3.63, 3.8) is 0 Å². The van der Waals surface area contributed by atoms with Gasteiger partial charge in [0.05, 0.1) is 11.7 Å². The van der Waals surface area contributed by atoms with Crippen LogP contribution in [0.15, 0.2) is 18.3 Å². The molecular weight excluding hydrogens is 254 g/mol. The largest absolute Gasteiger partial charge is 0.376 e. The van der Waals surface area contributed by atoms with Crippen LogP contribution in [0.3, 0.4) is 0 Å². The summed E-state index contributed by atoms with van der Waals surface area (Å²) in [5, 5.41) is 8.73. The number of hydrogen-bond acceptors (Lipinski definition) is 4. The molecule has 5 nitrogen and oxygen atoms in total. The summed E-state index contributed by atoms with van der Waals surface area (Å²) in [4.78, 5) is 18.2. The van der Waals surface area contributed by atoms with Gasteiger partial charge in [-0.1, -0.05) is 6.92 Å².